The Bertz CT molecular complexity index is 1150. The highest BCUT2D eigenvalue weighted by atomic mass is 16.7. The number of aliphatic hydroxyl groups excluding tert-OH is 2. The van der Waals surface area contributed by atoms with Gasteiger partial charge in [-0.1, -0.05) is 58.9 Å². The van der Waals surface area contributed by atoms with Gasteiger partial charge in [-0.25, -0.2) is 0 Å². The van der Waals surface area contributed by atoms with Crippen molar-refractivity contribution in [3.05, 3.63) is 36.0 Å². The molecule has 0 aromatic carbocycles. The van der Waals surface area contributed by atoms with Crippen molar-refractivity contribution < 1.29 is 34.0 Å². The number of aliphatic hydroxyl groups is 2. The predicted octanol–water partition coefficient (Wildman–Crippen LogP) is 4.76. The first-order valence-electron chi connectivity index (χ1n) is 14.8. The molecule has 0 amide bonds. The summed E-state index contributed by atoms with van der Waals surface area (Å²) in [6.07, 6.45) is 5.82. The Morgan fingerprint density at radius 2 is 1.85 bits per heavy atom. The van der Waals surface area contributed by atoms with E-state index in [1.807, 2.05) is 19.9 Å². The number of allylic oxidation sites excluding steroid dienone is 3. The van der Waals surface area contributed by atoms with Crippen LogP contribution in [0.3, 0.4) is 0 Å². The third-order valence-corrected chi connectivity index (χ3v) is 12.0. The summed E-state index contributed by atoms with van der Waals surface area (Å²) in [7, 11) is 1.64. The molecular formula is C33H48O7. The third-order valence-electron chi connectivity index (χ3n) is 12.0. The molecule has 0 aromatic heterocycles. The van der Waals surface area contributed by atoms with E-state index in [4.69, 9.17) is 14.2 Å². The van der Waals surface area contributed by atoms with Gasteiger partial charge in [-0.05, 0) is 66.9 Å². The molecule has 5 rings (SSSR count). The van der Waals surface area contributed by atoms with Crippen LogP contribution in [0.5, 0.6) is 0 Å². The molecule has 12 atom stereocenters. The number of carbonyl (C=O) groups is 2. The Hall–Kier alpha value is -1.80. The molecule has 2 saturated carbocycles. The van der Waals surface area contributed by atoms with Crippen LogP contribution in [0.2, 0.25) is 0 Å². The van der Waals surface area contributed by atoms with Crippen LogP contribution in [0, 0.1) is 45.3 Å². The van der Waals surface area contributed by atoms with Crippen molar-refractivity contribution in [3.63, 3.8) is 0 Å². The molecule has 7 nitrogen and oxygen atoms in total. The van der Waals surface area contributed by atoms with Gasteiger partial charge in [0.2, 0.25) is 0 Å². The van der Waals surface area contributed by atoms with Crippen LogP contribution >= 0.6 is 0 Å². The lowest BCUT2D eigenvalue weighted by atomic mass is 9.37. The van der Waals surface area contributed by atoms with Crippen LogP contribution in [-0.2, 0) is 23.8 Å². The Morgan fingerprint density at radius 3 is 2.45 bits per heavy atom. The average Bonchev–Trinajstić information content (AvgIpc) is 3.43. The number of hydrogen-bond acceptors (Lipinski definition) is 7. The van der Waals surface area contributed by atoms with Gasteiger partial charge in [-0.2, -0.15) is 0 Å². The van der Waals surface area contributed by atoms with Crippen LogP contribution in [0.15, 0.2) is 36.0 Å². The first-order valence-corrected chi connectivity index (χ1v) is 14.8. The Morgan fingerprint density at radius 1 is 1.18 bits per heavy atom. The number of fused-ring (bicyclic) bond motifs is 5. The van der Waals surface area contributed by atoms with E-state index >= 15 is 0 Å². The van der Waals surface area contributed by atoms with E-state index in [0.29, 0.717) is 24.8 Å². The minimum Gasteiger partial charge on any atom is -0.462 e. The molecule has 2 N–H and O–H groups in total. The highest BCUT2D eigenvalue weighted by Gasteiger charge is 2.71. The van der Waals surface area contributed by atoms with Gasteiger partial charge >= 0.3 is 5.97 Å². The van der Waals surface area contributed by atoms with Gasteiger partial charge in [0.1, 0.15) is 12.2 Å². The van der Waals surface area contributed by atoms with Gasteiger partial charge in [-0.3, -0.25) is 9.59 Å². The van der Waals surface area contributed by atoms with E-state index in [9.17, 15) is 19.8 Å². The summed E-state index contributed by atoms with van der Waals surface area (Å²) in [5.74, 6) is -0.455. The van der Waals surface area contributed by atoms with Crippen molar-refractivity contribution >= 4 is 11.8 Å². The zero-order valence-corrected chi connectivity index (χ0v) is 25.4. The molecule has 222 valence electrons. The first kappa shape index (κ1) is 29.7. The minimum atomic E-state index is -0.768. The monoisotopic (exact) mass is 556 g/mol. The van der Waals surface area contributed by atoms with E-state index in [-0.39, 0.29) is 40.8 Å². The predicted molar refractivity (Wildman–Crippen MR) is 151 cm³/mol. The summed E-state index contributed by atoms with van der Waals surface area (Å²) in [5, 5.41) is 22.9. The van der Waals surface area contributed by atoms with Crippen LogP contribution in [0.25, 0.3) is 0 Å². The van der Waals surface area contributed by atoms with Crippen LogP contribution in [-0.4, -0.2) is 59.8 Å². The molecule has 0 bridgehead atoms. The Labute approximate surface area is 239 Å². The lowest BCUT2D eigenvalue weighted by Gasteiger charge is -2.67. The van der Waals surface area contributed by atoms with Crippen molar-refractivity contribution in [2.24, 2.45) is 45.3 Å². The molecule has 0 radical (unpaired) electrons. The highest BCUT2D eigenvalue weighted by molar-refractivity contribution is 5.95. The van der Waals surface area contributed by atoms with Gasteiger partial charge in [0, 0.05) is 36.7 Å². The van der Waals surface area contributed by atoms with Crippen molar-refractivity contribution in [1.29, 1.82) is 0 Å². The lowest BCUT2D eigenvalue weighted by Crippen LogP contribution is -2.68. The lowest BCUT2D eigenvalue weighted by molar-refractivity contribution is -0.212. The molecule has 3 fully saturated rings. The molecule has 0 spiro atoms. The second-order valence-corrected chi connectivity index (χ2v) is 14.6. The molecule has 5 aliphatic rings. The molecule has 40 heavy (non-hydrogen) atoms. The summed E-state index contributed by atoms with van der Waals surface area (Å²) in [6.45, 7) is 17.7. The van der Waals surface area contributed by atoms with E-state index in [0.717, 1.165) is 6.42 Å². The zero-order chi connectivity index (χ0) is 29.6. The quantitative estimate of drug-likeness (QED) is 0.372. The van der Waals surface area contributed by atoms with Crippen LogP contribution in [0.1, 0.15) is 74.1 Å². The van der Waals surface area contributed by atoms with Crippen molar-refractivity contribution in [2.45, 2.75) is 105 Å². The molecule has 7 heteroatoms. The van der Waals surface area contributed by atoms with E-state index in [1.54, 1.807) is 20.1 Å². The number of hydrogen-bond donors (Lipinski definition) is 2. The number of rotatable bonds is 5. The second-order valence-electron chi connectivity index (χ2n) is 14.6. The summed E-state index contributed by atoms with van der Waals surface area (Å²) in [6, 6.07) is 0. The first-order chi connectivity index (χ1) is 18.5. The molecule has 1 heterocycles. The smallest absolute Gasteiger partial charge is 0.302 e. The van der Waals surface area contributed by atoms with Crippen molar-refractivity contribution in [1.82, 2.24) is 0 Å². The normalized spacial score (nSPS) is 48.0. The van der Waals surface area contributed by atoms with Gasteiger partial charge < -0.3 is 24.4 Å². The molecule has 12 unspecified atom stereocenters. The molecule has 1 aliphatic heterocycles. The van der Waals surface area contributed by atoms with E-state index in [1.165, 1.54) is 12.5 Å². The van der Waals surface area contributed by atoms with E-state index in [2.05, 4.69) is 33.4 Å². The summed E-state index contributed by atoms with van der Waals surface area (Å²) in [4.78, 5) is 25.6. The fourth-order valence-electron chi connectivity index (χ4n) is 10.3. The fourth-order valence-corrected chi connectivity index (χ4v) is 10.3. The van der Waals surface area contributed by atoms with Gasteiger partial charge in [-0.15, -0.1) is 0 Å². The Kier molecular flexibility index (Phi) is 7.14. The number of ether oxygens (including phenoxy) is 3. The molecule has 0 aromatic rings. The molecular weight excluding hydrogens is 508 g/mol. The second kappa shape index (κ2) is 9.62. The largest absolute Gasteiger partial charge is 0.462 e. The van der Waals surface area contributed by atoms with Crippen molar-refractivity contribution in [2.75, 3.05) is 7.11 Å². The summed E-state index contributed by atoms with van der Waals surface area (Å²) >= 11 is 0. The number of ketones is 1. The SMILES string of the molecule is C=C(C)C(O)C1CC(C2CC=C3C2(C)CC(O)C2C4(C)C=CC(=O)C(C)(C)C4CC(OC(C)=O)C32C)C(OC)O1. The maximum absolute atomic E-state index is 13.0. The highest BCUT2D eigenvalue weighted by Crippen LogP contribution is 2.72. The van der Waals surface area contributed by atoms with Crippen LogP contribution < -0.4 is 0 Å². The maximum atomic E-state index is 13.0. The number of carbonyl (C=O) groups excluding carboxylic acids is 2. The van der Waals surface area contributed by atoms with Crippen molar-refractivity contribution in [3.8, 4) is 0 Å². The van der Waals surface area contributed by atoms with Crippen LogP contribution in [0.4, 0.5) is 0 Å². The fraction of sp³-hybridized carbons (Fsp3) is 0.758. The maximum Gasteiger partial charge on any atom is 0.302 e. The van der Waals surface area contributed by atoms with Gasteiger partial charge in [0.15, 0.2) is 12.1 Å². The topological polar surface area (TPSA) is 102 Å². The molecule has 1 saturated heterocycles. The van der Waals surface area contributed by atoms with E-state index < -0.39 is 47.0 Å². The third kappa shape index (κ3) is 3.98. The van der Waals surface area contributed by atoms with Gasteiger partial charge in [0.25, 0.3) is 0 Å². The summed E-state index contributed by atoms with van der Waals surface area (Å²) in [5.41, 5.74) is -0.210. The zero-order valence-electron chi connectivity index (χ0n) is 25.4. The average molecular weight is 557 g/mol. The minimum absolute atomic E-state index is 0.0142. The standard InChI is InChI=1S/C33H48O7/c1-17(2)27(37)22-14-19(29(38-9)40-22)20-10-11-23-32(20,7)16-21(35)28-31(6)13-12-25(36)30(4,5)24(31)15-26(33(23,28)8)39-18(3)34/h11-13,19-22,24,26-29,35,37H,1,10,14-16H2,2-9H3. The molecule has 4 aliphatic carbocycles. The summed E-state index contributed by atoms with van der Waals surface area (Å²) < 4.78 is 18.2. The van der Waals surface area contributed by atoms with Gasteiger partial charge in [0.05, 0.1) is 12.2 Å². The Balaban J connectivity index is 1.58. The number of esters is 1. The number of methoxy groups -OCH3 is 1.